The predicted octanol–water partition coefficient (Wildman–Crippen LogP) is 1.04. The maximum Gasteiger partial charge on any atom is 0.271 e. The average Bonchev–Trinajstić information content (AvgIpc) is 2.72. The number of amides is 1. The Morgan fingerprint density at radius 1 is 1.53 bits per heavy atom. The molecule has 17 heavy (non-hydrogen) atoms. The van der Waals surface area contributed by atoms with Crippen LogP contribution < -0.4 is 0 Å². The number of rotatable bonds is 4. The minimum absolute atomic E-state index is 0.301. The van der Waals surface area contributed by atoms with Gasteiger partial charge in [0.05, 0.1) is 0 Å². The number of nitrogens with one attached hydrogen (secondary N) is 1. The number of carbonyl (C=O) groups is 1. The molecule has 1 amide bonds. The van der Waals surface area contributed by atoms with Gasteiger partial charge in [-0.25, -0.2) is 8.42 Å². The summed E-state index contributed by atoms with van der Waals surface area (Å²) < 4.78 is 22.8. The van der Waals surface area contributed by atoms with E-state index < -0.39 is 15.2 Å². The summed E-state index contributed by atoms with van der Waals surface area (Å²) in [5.74, 6) is -0.301. The second-order valence-electron chi connectivity index (χ2n) is 4.08. The first-order chi connectivity index (χ1) is 7.79. The van der Waals surface area contributed by atoms with Crippen LogP contribution in [0.25, 0.3) is 0 Å². The second kappa shape index (κ2) is 4.91. The van der Waals surface area contributed by atoms with Crippen molar-refractivity contribution in [3.63, 3.8) is 0 Å². The summed E-state index contributed by atoms with van der Waals surface area (Å²) in [7, 11) is -1.77. The van der Waals surface area contributed by atoms with Crippen molar-refractivity contribution in [1.29, 1.82) is 0 Å². The van der Waals surface area contributed by atoms with Gasteiger partial charge < -0.3 is 9.88 Å². The lowest BCUT2D eigenvalue weighted by atomic mass is 10.2. The van der Waals surface area contributed by atoms with Gasteiger partial charge in [-0.1, -0.05) is 6.92 Å². The van der Waals surface area contributed by atoms with Crippen molar-refractivity contribution in [3.05, 3.63) is 23.5 Å². The summed E-state index contributed by atoms with van der Waals surface area (Å²) in [6.07, 6.45) is 3.54. The largest absolute Gasteiger partial charge is 0.357 e. The first kappa shape index (κ1) is 13.8. The van der Waals surface area contributed by atoms with Crippen LogP contribution in [-0.4, -0.2) is 42.9 Å². The van der Waals surface area contributed by atoms with E-state index in [1.807, 2.05) is 13.0 Å². The van der Waals surface area contributed by atoms with Crippen LogP contribution >= 0.6 is 0 Å². The van der Waals surface area contributed by atoms with Gasteiger partial charge in [-0.2, -0.15) is 0 Å². The molecule has 96 valence electrons. The third-order valence-electron chi connectivity index (χ3n) is 2.91. The fourth-order valence-corrected chi connectivity index (χ4v) is 2.19. The Kier molecular flexibility index (Phi) is 3.98. The van der Waals surface area contributed by atoms with E-state index in [9.17, 15) is 13.2 Å². The minimum atomic E-state index is -3.27. The highest BCUT2D eigenvalue weighted by Gasteiger charge is 2.26. The van der Waals surface area contributed by atoms with Gasteiger partial charge in [-0.15, -0.1) is 0 Å². The standard InChI is InChI=1S/C11H18N2O3S/c1-5-9-6-7-12-10(9)11(14)13(3)8(2)17(4,15)16/h6-8,12H,5H2,1-4H3. The van der Waals surface area contributed by atoms with E-state index in [0.717, 1.165) is 18.2 Å². The summed E-state index contributed by atoms with van der Waals surface area (Å²) in [5, 5.41) is -0.831. The summed E-state index contributed by atoms with van der Waals surface area (Å²) in [6, 6.07) is 1.83. The van der Waals surface area contributed by atoms with Gasteiger partial charge in [-0.05, 0) is 25.0 Å². The summed E-state index contributed by atoms with van der Waals surface area (Å²) in [6.45, 7) is 3.45. The van der Waals surface area contributed by atoms with Gasteiger partial charge in [0.15, 0.2) is 9.84 Å². The molecule has 0 aliphatic rings. The Bertz CT molecular complexity index is 505. The van der Waals surface area contributed by atoms with E-state index in [1.165, 1.54) is 18.9 Å². The molecule has 0 aliphatic carbocycles. The predicted molar refractivity (Wildman–Crippen MR) is 66.6 cm³/mol. The Hall–Kier alpha value is -1.30. The molecule has 1 unspecified atom stereocenters. The normalized spacial score (nSPS) is 13.4. The second-order valence-corrected chi connectivity index (χ2v) is 6.42. The topological polar surface area (TPSA) is 70.2 Å². The number of hydrogen-bond donors (Lipinski definition) is 1. The Morgan fingerprint density at radius 2 is 2.12 bits per heavy atom. The highest BCUT2D eigenvalue weighted by molar-refractivity contribution is 7.91. The van der Waals surface area contributed by atoms with E-state index in [4.69, 9.17) is 0 Å². The quantitative estimate of drug-likeness (QED) is 0.877. The molecule has 1 heterocycles. The number of aromatic nitrogens is 1. The Balaban J connectivity index is 2.99. The van der Waals surface area contributed by atoms with E-state index in [2.05, 4.69) is 4.98 Å². The van der Waals surface area contributed by atoms with E-state index in [1.54, 1.807) is 6.20 Å². The molecule has 1 aromatic rings. The third kappa shape index (κ3) is 2.88. The third-order valence-corrected chi connectivity index (χ3v) is 4.47. The van der Waals surface area contributed by atoms with Gasteiger partial charge in [0.2, 0.25) is 0 Å². The SMILES string of the molecule is CCc1cc[nH]c1C(=O)N(C)C(C)S(C)(=O)=O. The maximum absolute atomic E-state index is 12.1. The summed E-state index contributed by atoms with van der Waals surface area (Å²) >= 11 is 0. The van der Waals surface area contributed by atoms with Crippen molar-refractivity contribution in [3.8, 4) is 0 Å². The molecule has 1 atom stereocenters. The van der Waals surface area contributed by atoms with Crippen molar-refractivity contribution in [2.75, 3.05) is 13.3 Å². The molecule has 0 aliphatic heterocycles. The van der Waals surface area contributed by atoms with Crippen molar-refractivity contribution in [1.82, 2.24) is 9.88 Å². The van der Waals surface area contributed by atoms with Crippen LogP contribution in [0.1, 0.15) is 29.9 Å². The van der Waals surface area contributed by atoms with Crippen LogP contribution in [0.4, 0.5) is 0 Å². The minimum Gasteiger partial charge on any atom is -0.357 e. The zero-order chi connectivity index (χ0) is 13.2. The van der Waals surface area contributed by atoms with Crippen molar-refractivity contribution < 1.29 is 13.2 Å². The zero-order valence-electron chi connectivity index (χ0n) is 10.5. The van der Waals surface area contributed by atoms with Crippen LogP contribution in [0.5, 0.6) is 0 Å². The Morgan fingerprint density at radius 3 is 2.59 bits per heavy atom. The van der Waals surface area contributed by atoms with Crippen LogP contribution in [-0.2, 0) is 16.3 Å². The fourth-order valence-electron chi connectivity index (χ4n) is 1.52. The molecule has 0 saturated carbocycles. The highest BCUT2D eigenvalue weighted by atomic mass is 32.2. The van der Waals surface area contributed by atoms with Gasteiger partial charge in [-0.3, -0.25) is 4.79 Å². The number of hydrogen-bond acceptors (Lipinski definition) is 3. The van der Waals surface area contributed by atoms with Crippen molar-refractivity contribution >= 4 is 15.7 Å². The van der Waals surface area contributed by atoms with Crippen molar-refractivity contribution in [2.24, 2.45) is 0 Å². The van der Waals surface area contributed by atoms with E-state index in [0.29, 0.717) is 5.69 Å². The number of sulfone groups is 1. The van der Waals surface area contributed by atoms with Crippen LogP contribution in [0.3, 0.4) is 0 Å². The lowest BCUT2D eigenvalue weighted by molar-refractivity contribution is 0.0777. The van der Waals surface area contributed by atoms with Crippen LogP contribution in [0, 0.1) is 0 Å². The number of aryl methyl sites for hydroxylation is 1. The first-order valence-corrected chi connectivity index (χ1v) is 7.36. The van der Waals surface area contributed by atoms with Gasteiger partial charge >= 0.3 is 0 Å². The number of carbonyl (C=O) groups excluding carboxylic acids is 1. The molecule has 0 bridgehead atoms. The van der Waals surface area contributed by atoms with Crippen LogP contribution in [0.2, 0.25) is 0 Å². The molecule has 6 heteroatoms. The van der Waals surface area contributed by atoms with E-state index >= 15 is 0 Å². The molecular weight excluding hydrogens is 240 g/mol. The molecule has 0 saturated heterocycles. The van der Waals surface area contributed by atoms with Gasteiger partial charge in [0, 0.05) is 19.5 Å². The molecule has 1 aromatic heterocycles. The zero-order valence-corrected chi connectivity index (χ0v) is 11.3. The average molecular weight is 258 g/mol. The van der Waals surface area contributed by atoms with Gasteiger partial charge in [0.1, 0.15) is 11.1 Å². The highest BCUT2D eigenvalue weighted by Crippen LogP contribution is 2.13. The molecule has 0 spiro atoms. The Labute approximate surface area is 102 Å². The molecule has 0 radical (unpaired) electrons. The number of nitrogens with zero attached hydrogens (tertiary/aromatic N) is 1. The lowest BCUT2D eigenvalue weighted by Crippen LogP contribution is -2.40. The van der Waals surface area contributed by atoms with E-state index in [-0.39, 0.29) is 5.91 Å². The monoisotopic (exact) mass is 258 g/mol. The summed E-state index contributed by atoms with van der Waals surface area (Å²) in [4.78, 5) is 16.2. The number of aromatic amines is 1. The first-order valence-electron chi connectivity index (χ1n) is 5.41. The maximum atomic E-state index is 12.1. The van der Waals surface area contributed by atoms with Crippen molar-refractivity contribution in [2.45, 2.75) is 25.6 Å². The smallest absolute Gasteiger partial charge is 0.271 e. The molecular formula is C11H18N2O3S. The molecule has 0 fully saturated rings. The fraction of sp³-hybridized carbons (Fsp3) is 0.545. The van der Waals surface area contributed by atoms with Gasteiger partial charge in [0.25, 0.3) is 5.91 Å². The summed E-state index contributed by atoms with van der Waals surface area (Å²) in [5.41, 5.74) is 1.35. The van der Waals surface area contributed by atoms with Crippen LogP contribution in [0.15, 0.2) is 12.3 Å². The molecule has 5 nitrogen and oxygen atoms in total. The molecule has 1 rings (SSSR count). The number of H-pyrrole nitrogens is 1. The molecule has 1 N–H and O–H groups in total. The lowest BCUT2D eigenvalue weighted by Gasteiger charge is -2.23. The molecule has 0 aromatic carbocycles.